The van der Waals surface area contributed by atoms with Crippen LogP contribution in [0.4, 0.5) is 0 Å². The van der Waals surface area contributed by atoms with Crippen LogP contribution in [0.5, 0.6) is 0 Å². The molecule has 2 rings (SSSR count). The summed E-state index contributed by atoms with van der Waals surface area (Å²) in [4.78, 5) is 24.6. The summed E-state index contributed by atoms with van der Waals surface area (Å²) < 4.78 is 5.09. The molecule has 0 aromatic heterocycles. The van der Waals surface area contributed by atoms with Crippen molar-refractivity contribution in [2.45, 2.75) is 44.2 Å². The largest absolute Gasteiger partial charge is 0.464 e. The van der Waals surface area contributed by atoms with Crippen LogP contribution in [0.2, 0.25) is 0 Å². The maximum absolute atomic E-state index is 11.6. The normalized spacial score (nSPS) is 35.6. The third-order valence-electron chi connectivity index (χ3n) is 3.77. The maximum atomic E-state index is 11.6. The van der Waals surface area contributed by atoms with Crippen molar-refractivity contribution in [1.29, 1.82) is 0 Å². The number of fused-ring (bicyclic) bond motifs is 2. The number of Topliss-reactive ketones (excluding diaryl/α,β-unsaturated/α-hetero) is 1. The Morgan fingerprint density at radius 1 is 1.67 bits per heavy atom. The lowest BCUT2D eigenvalue weighted by Gasteiger charge is -2.41. The van der Waals surface area contributed by atoms with Crippen LogP contribution in [0.1, 0.15) is 32.6 Å². The Morgan fingerprint density at radius 2 is 2.40 bits per heavy atom. The zero-order valence-corrected chi connectivity index (χ0v) is 9.28. The van der Waals surface area contributed by atoms with Gasteiger partial charge in [-0.1, -0.05) is 0 Å². The molecule has 2 fully saturated rings. The first kappa shape index (κ1) is 10.6. The molecule has 0 radical (unpaired) electrons. The van der Waals surface area contributed by atoms with Crippen LogP contribution in [0, 0.1) is 0 Å². The molecule has 0 N–H and O–H groups in total. The highest BCUT2D eigenvalue weighted by Crippen LogP contribution is 2.41. The summed E-state index contributed by atoms with van der Waals surface area (Å²) in [7, 11) is 2.04. The lowest BCUT2D eigenvalue weighted by Crippen LogP contribution is -2.53. The van der Waals surface area contributed by atoms with Gasteiger partial charge in [-0.3, -0.25) is 14.5 Å². The SMILES string of the molecule is CC(=O)OC[C@]12CC[C@H](CC(=O)C1)N2C. The van der Waals surface area contributed by atoms with Crippen LogP contribution < -0.4 is 0 Å². The van der Waals surface area contributed by atoms with Crippen LogP contribution >= 0.6 is 0 Å². The molecule has 2 aliphatic rings. The molecular weight excluding hydrogens is 194 g/mol. The molecule has 2 aliphatic heterocycles. The Balaban J connectivity index is 2.10. The van der Waals surface area contributed by atoms with Crippen LogP contribution in [0.3, 0.4) is 0 Å². The molecule has 2 atom stereocenters. The Kier molecular flexibility index (Phi) is 2.54. The fourth-order valence-electron chi connectivity index (χ4n) is 2.81. The standard InChI is InChI=1S/C11H17NO3/c1-8(13)15-7-11-4-3-9(12(11)2)5-10(14)6-11/h9H,3-7H2,1-2H3/t9-,11+/m1/s1. The molecular formula is C11H17NO3. The summed E-state index contributed by atoms with van der Waals surface area (Å²) in [6.45, 7) is 1.77. The molecule has 2 heterocycles. The molecule has 0 saturated carbocycles. The Morgan fingerprint density at radius 3 is 3.07 bits per heavy atom. The number of hydrogen-bond acceptors (Lipinski definition) is 4. The second-order valence-corrected chi connectivity index (χ2v) is 4.73. The lowest BCUT2D eigenvalue weighted by atomic mass is 9.89. The number of piperidine rings is 1. The fourth-order valence-corrected chi connectivity index (χ4v) is 2.81. The van der Waals surface area contributed by atoms with Crippen LogP contribution in [-0.2, 0) is 14.3 Å². The zero-order valence-electron chi connectivity index (χ0n) is 9.28. The van der Waals surface area contributed by atoms with E-state index in [0.717, 1.165) is 12.8 Å². The number of nitrogens with zero attached hydrogens (tertiary/aromatic N) is 1. The molecule has 4 nitrogen and oxygen atoms in total. The summed E-state index contributed by atoms with van der Waals surface area (Å²) in [6.07, 6.45) is 3.21. The van der Waals surface area contributed by atoms with E-state index >= 15 is 0 Å². The summed E-state index contributed by atoms with van der Waals surface area (Å²) in [5.41, 5.74) is -0.203. The molecule has 0 aromatic carbocycles. The minimum atomic E-state index is -0.265. The van der Waals surface area contributed by atoms with Gasteiger partial charge in [0.2, 0.25) is 0 Å². The number of carbonyl (C=O) groups excluding carboxylic acids is 2. The second-order valence-electron chi connectivity index (χ2n) is 4.73. The van der Waals surface area contributed by atoms with Crippen molar-refractivity contribution in [3.05, 3.63) is 0 Å². The van der Waals surface area contributed by atoms with E-state index in [0.29, 0.717) is 31.3 Å². The zero-order chi connectivity index (χ0) is 11.1. The third-order valence-corrected chi connectivity index (χ3v) is 3.77. The van der Waals surface area contributed by atoms with E-state index in [-0.39, 0.29) is 11.5 Å². The molecule has 15 heavy (non-hydrogen) atoms. The third kappa shape index (κ3) is 1.78. The Labute approximate surface area is 89.6 Å². The van der Waals surface area contributed by atoms with Crippen molar-refractivity contribution in [2.24, 2.45) is 0 Å². The molecule has 0 amide bonds. The minimum absolute atomic E-state index is 0.203. The molecule has 0 spiro atoms. The smallest absolute Gasteiger partial charge is 0.302 e. The van der Waals surface area contributed by atoms with E-state index in [4.69, 9.17) is 4.74 Å². The predicted molar refractivity (Wildman–Crippen MR) is 54.4 cm³/mol. The van der Waals surface area contributed by atoms with Gasteiger partial charge in [-0.05, 0) is 19.9 Å². The minimum Gasteiger partial charge on any atom is -0.464 e. The molecule has 2 saturated heterocycles. The number of esters is 1. The average molecular weight is 211 g/mol. The van der Waals surface area contributed by atoms with Gasteiger partial charge >= 0.3 is 5.97 Å². The van der Waals surface area contributed by atoms with E-state index in [2.05, 4.69) is 4.90 Å². The number of ketones is 1. The molecule has 0 aliphatic carbocycles. The first-order chi connectivity index (χ1) is 7.03. The highest BCUT2D eigenvalue weighted by molar-refractivity contribution is 5.82. The van der Waals surface area contributed by atoms with Crippen molar-refractivity contribution >= 4 is 11.8 Å². The Bertz CT molecular complexity index is 302. The van der Waals surface area contributed by atoms with Gasteiger partial charge in [-0.15, -0.1) is 0 Å². The summed E-state index contributed by atoms with van der Waals surface area (Å²) in [5.74, 6) is 0.0435. The van der Waals surface area contributed by atoms with E-state index < -0.39 is 0 Å². The van der Waals surface area contributed by atoms with Gasteiger partial charge in [0.15, 0.2) is 0 Å². The Hall–Kier alpha value is -0.900. The van der Waals surface area contributed by atoms with Crippen molar-refractivity contribution in [2.75, 3.05) is 13.7 Å². The highest BCUT2D eigenvalue weighted by atomic mass is 16.5. The van der Waals surface area contributed by atoms with Crippen molar-refractivity contribution in [3.8, 4) is 0 Å². The van der Waals surface area contributed by atoms with E-state index in [9.17, 15) is 9.59 Å². The van der Waals surface area contributed by atoms with Crippen molar-refractivity contribution in [1.82, 2.24) is 4.90 Å². The number of rotatable bonds is 2. The summed E-state index contributed by atoms with van der Waals surface area (Å²) in [6, 6.07) is 0.363. The van der Waals surface area contributed by atoms with Gasteiger partial charge in [-0.25, -0.2) is 0 Å². The topological polar surface area (TPSA) is 46.6 Å². The van der Waals surface area contributed by atoms with Crippen LogP contribution in [0.25, 0.3) is 0 Å². The van der Waals surface area contributed by atoms with Crippen LogP contribution in [0.15, 0.2) is 0 Å². The first-order valence-electron chi connectivity index (χ1n) is 5.41. The highest BCUT2D eigenvalue weighted by Gasteiger charge is 2.50. The van der Waals surface area contributed by atoms with Gasteiger partial charge in [0.05, 0.1) is 5.54 Å². The predicted octanol–water partition coefficient (Wildman–Crippen LogP) is 0.745. The van der Waals surface area contributed by atoms with Gasteiger partial charge in [0.1, 0.15) is 12.4 Å². The average Bonchev–Trinajstić information content (AvgIpc) is 2.36. The van der Waals surface area contributed by atoms with Crippen LogP contribution in [-0.4, -0.2) is 41.9 Å². The number of carbonyl (C=O) groups is 2. The first-order valence-corrected chi connectivity index (χ1v) is 5.41. The number of hydrogen-bond donors (Lipinski definition) is 0. The molecule has 2 bridgehead atoms. The number of ether oxygens (including phenoxy) is 1. The second kappa shape index (κ2) is 3.59. The molecule has 4 heteroatoms. The molecule has 0 unspecified atom stereocenters. The quantitative estimate of drug-likeness (QED) is 0.632. The van der Waals surface area contributed by atoms with Gasteiger partial charge < -0.3 is 4.74 Å². The van der Waals surface area contributed by atoms with Gasteiger partial charge in [0.25, 0.3) is 0 Å². The number of likely N-dealkylation sites (N-methyl/N-ethyl adjacent to an activating group) is 1. The van der Waals surface area contributed by atoms with Crippen molar-refractivity contribution in [3.63, 3.8) is 0 Å². The van der Waals surface area contributed by atoms with Gasteiger partial charge in [0, 0.05) is 25.8 Å². The molecule has 0 aromatic rings. The monoisotopic (exact) mass is 211 g/mol. The van der Waals surface area contributed by atoms with Gasteiger partial charge in [-0.2, -0.15) is 0 Å². The fraction of sp³-hybridized carbons (Fsp3) is 0.818. The summed E-state index contributed by atoms with van der Waals surface area (Å²) in [5, 5.41) is 0. The summed E-state index contributed by atoms with van der Waals surface area (Å²) >= 11 is 0. The van der Waals surface area contributed by atoms with Crippen molar-refractivity contribution < 1.29 is 14.3 Å². The van der Waals surface area contributed by atoms with E-state index in [1.54, 1.807) is 0 Å². The van der Waals surface area contributed by atoms with E-state index in [1.165, 1.54) is 6.92 Å². The van der Waals surface area contributed by atoms with E-state index in [1.807, 2.05) is 7.05 Å². The maximum Gasteiger partial charge on any atom is 0.302 e. The molecule has 84 valence electrons. The lowest BCUT2D eigenvalue weighted by molar-refractivity contribution is -0.148.